The second kappa shape index (κ2) is 8.55. The summed E-state index contributed by atoms with van der Waals surface area (Å²) in [4.78, 5) is 14.6. The van der Waals surface area contributed by atoms with E-state index in [1.54, 1.807) is 12.1 Å². The van der Waals surface area contributed by atoms with E-state index in [2.05, 4.69) is 62.3 Å². The van der Waals surface area contributed by atoms with Crippen molar-refractivity contribution in [1.29, 1.82) is 0 Å². The van der Waals surface area contributed by atoms with Crippen LogP contribution in [0.1, 0.15) is 22.3 Å². The molecule has 25 heavy (non-hydrogen) atoms. The van der Waals surface area contributed by atoms with Gasteiger partial charge in [0.15, 0.2) is 0 Å². The minimum absolute atomic E-state index is 0.110. The van der Waals surface area contributed by atoms with E-state index < -0.39 is 0 Å². The fourth-order valence-corrected chi connectivity index (χ4v) is 2.70. The predicted molar refractivity (Wildman–Crippen MR) is 103 cm³/mol. The monoisotopic (exact) mass is 339 g/mol. The SMILES string of the molecule is CN(C)Cc1cc(/C=C/c2ccc([N+](=O)[O-])cc2)cc(CN(C)C)c1. The van der Waals surface area contributed by atoms with Gasteiger partial charge in [0.25, 0.3) is 5.69 Å². The smallest absolute Gasteiger partial charge is 0.269 e. The number of rotatable bonds is 7. The van der Waals surface area contributed by atoms with Crippen LogP contribution in [0, 0.1) is 10.1 Å². The number of nitrogens with zero attached hydrogens (tertiary/aromatic N) is 3. The third-order valence-corrected chi connectivity index (χ3v) is 3.64. The largest absolute Gasteiger partial charge is 0.305 e. The molecule has 0 fully saturated rings. The Morgan fingerprint density at radius 3 is 1.76 bits per heavy atom. The first-order valence-corrected chi connectivity index (χ1v) is 8.18. The van der Waals surface area contributed by atoms with Crippen molar-refractivity contribution in [3.05, 3.63) is 74.8 Å². The molecule has 0 aliphatic rings. The number of hydrogen-bond acceptors (Lipinski definition) is 4. The summed E-state index contributed by atoms with van der Waals surface area (Å²) < 4.78 is 0. The number of hydrogen-bond donors (Lipinski definition) is 0. The summed E-state index contributed by atoms with van der Waals surface area (Å²) in [5.74, 6) is 0. The van der Waals surface area contributed by atoms with E-state index in [4.69, 9.17) is 0 Å². The van der Waals surface area contributed by atoms with Gasteiger partial charge in [0.05, 0.1) is 4.92 Å². The third kappa shape index (κ3) is 6.14. The molecule has 0 spiro atoms. The molecule has 0 unspecified atom stereocenters. The van der Waals surface area contributed by atoms with Gasteiger partial charge in [-0.1, -0.05) is 30.4 Å². The Labute approximate surface area is 149 Å². The summed E-state index contributed by atoms with van der Waals surface area (Å²) in [7, 11) is 8.24. The second-order valence-corrected chi connectivity index (χ2v) is 6.74. The molecule has 0 aliphatic heterocycles. The molecule has 0 saturated heterocycles. The second-order valence-electron chi connectivity index (χ2n) is 6.74. The van der Waals surface area contributed by atoms with Crippen molar-refractivity contribution in [1.82, 2.24) is 9.80 Å². The molecule has 0 N–H and O–H groups in total. The van der Waals surface area contributed by atoms with Crippen LogP contribution in [0.15, 0.2) is 42.5 Å². The summed E-state index contributed by atoms with van der Waals surface area (Å²) in [5.41, 5.74) is 4.73. The molecular formula is C20H25N3O2. The van der Waals surface area contributed by atoms with Gasteiger partial charge in [-0.3, -0.25) is 10.1 Å². The zero-order valence-electron chi connectivity index (χ0n) is 15.3. The molecule has 5 nitrogen and oxygen atoms in total. The highest BCUT2D eigenvalue weighted by Crippen LogP contribution is 2.17. The lowest BCUT2D eigenvalue weighted by Gasteiger charge is -2.15. The maximum atomic E-state index is 10.7. The number of non-ortho nitro benzene ring substituents is 1. The van der Waals surface area contributed by atoms with Gasteiger partial charge in [-0.25, -0.2) is 0 Å². The quantitative estimate of drug-likeness (QED) is 0.436. The molecule has 0 amide bonds. The normalized spacial score (nSPS) is 11.6. The molecule has 5 heteroatoms. The van der Waals surface area contributed by atoms with Crippen LogP contribution in [0.2, 0.25) is 0 Å². The average Bonchev–Trinajstić information content (AvgIpc) is 2.51. The highest BCUT2D eigenvalue weighted by molar-refractivity contribution is 5.70. The van der Waals surface area contributed by atoms with Crippen molar-refractivity contribution in [3.63, 3.8) is 0 Å². The van der Waals surface area contributed by atoms with Gasteiger partial charge < -0.3 is 9.80 Å². The summed E-state index contributed by atoms with van der Waals surface area (Å²) in [6.45, 7) is 1.78. The van der Waals surface area contributed by atoms with Crippen LogP contribution in [0.3, 0.4) is 0 Å². The minimum Gasteiger partial charge on any atom is -0.305 e. The fourth-order valence-electron chi connectivity index (χ4n) is 2.70. The van der Waals surface area contributed by atoms with Crippen molar-refractivity contribution in [3.8, 4) is 0 Å². The van der Waals surface area contributed by atoms with Crippen LogP contribution >= 0.6 is 0 Å². The minimum atomic E-state index is -0.383. The predicted octanol–water partition coefficient (Wildman–Crippen LogP) is 3.89. The molecule has 0 saturated carbocycles. The van der Waals surface area contributed by atoms with Crippen molar-refractivity contribution in [2.45, 2.75) is 13.1 Å². The standard InChI is InChI=1S/C20H25N3O2/c1-21(2)14-18-11-17(12-19(13-18)15-22(3)4)6-5-16-7-9-20(10-8-16)23(24)25/h5-13H,14-15H2,1-4H3/b6-5+. The van der Waals surface area contributed by atoms with E-state index in [0.717, 1.165) is 24.2 Å². The molecule has 0 atom stereocenters. The van der Waals surface area contributed by atoms with Crippen LogP contribution in [0.5, 0.6) is 0 Å². The first-order chi connectivity index (χ1) is 11.8. The Balaban J connectivity index is 2.25. The van der Waals surface area contributed by atoms with Crippen molar-refractivity contribution < 1.29 is 4.92 Å². The zero-order chi connectivity index (χ0) is 18.4. The van der Waals surface area contributed by atoms with Gasteiger partial charge in [-0.2, -0.15) is 0 Å². The van der Waals surface area contributed by atoms with Gasteiger partial charge in [0.2, 0.25) is 0 Å². The Morgan fingerprint density at radius 2 is 1.32 bits per heavy atom. The molecule has 0 aromatic heterocycles. The molecular weight excluding hydrogens is 314 g/mol. The fraction of sp³-hybridized carbons (Fsp3) is 0.300. The van der Waals surface area contributed by atoms with E-state index in [1.165, 1.54) is 23.3 Å². The summed E-state index contributed by atoms with van der Waals surface area (Å²) >= 11 is 0. The van der Waals surface area contributed by atoms with E-state index in [0.29, 0.717) is 0 Å². The van der Waals surface area contributed by atoms with Crippen molar-refractivity contribution >= 4 is 17.8 Å². The van der Waals surface area contributed by atoms with Gasteiger partial charge in [0, 0.05) is 25.2 Å². The topological polar surface area (TPSA) is 49.6 Å². The van der Waals surface area contributed by atoms with Crippen LogP contribution in [-0.2, 0) is 13.1 Å². The molecule has 0 heterocycles. The highest BCUT2D eigenvalue weighted by atomic mass is 16.6. The number of nitro groups is 1. The van der Waals surface area contributed by atoms with Crippen LogP contribution in [0.4, 0.5) is 5.69 Å². The van der Waals surface area contributed by atoms with E-state index in [9.17, 15) is 10.1 Å². The summed E-state index contributed by atoms with van der Waals surface area (Å²) in [6.07, 6.45) is 4.04. The average molecular weight is 339 g/mol. The molecule has 0 aliphatic carbocycles. The maximum absolute atomic E-state index is 10.7. The lowest BCUT2D eigenvalue weighted by molar-refractivity contribution is -0.384. The van der Waals surface area contributed by atoms with Crippen LogP contribution in [0.25, 0.3) is 12.2 Å². The van der Waals surface area contributed by atoms with Gasteiger partial charge in [0.1, 0.15) is 0 Å². The summed E-state index contributed by atoms with van der Waals surface area (Å²) in [5, 5.41) is 10.7. The van der Waals surface area contributed by atoms with E-state index >= 15 is 0 Å². The third-order valence-electron chi connectivity index (χ3n) is 3.64. The first-order valence-electron chi connectivity index (χ1n) is 8.18. The van der Waals surface area contributed by atoms with Crippen LogP contribution < -0.4 is 0 Å². The first kappa shape index (κ1) is 18.8. The molecule has 0 radical (unpaired) electrons. The van der Waals surface area contributed by atoms with Gasteiger partial charge in [-0.05, 0) is 62.6 Å². The Kier molecular flexibility index (Phi) is 6.44. The zero-order valence-corrected chi connectivity index (χ0v) is 15.3. The van der Waals surface area contributed by atoms with Crippen molar-refractivity contribution in [2.24, 2.45) is 0 Å². The maximum Gasteiger partial charge on any atom is 0.269 e. The Bertz CT molecular complexity index is 722. The molecule has 2 aromatic rings. The lowest BCUT2D eigenvalue weighted by atomic mass is 10.0. The van der Waals surface area contributed by atoms with E-state index in [1.807, 2.05) is 6.08 Å². The van der Waals surface area contributed by atoms with Crippen molar-refractivity contribution in [2.75, 3.05) is 28.2 Å². The van der Waals surface area contributed by atoms with Gasteiger partial charge in [-0.15, -0.1) is 0 Å². The van der Waals surface area contributed by atoms with Gasteiger partial charge >= 0.3 is 0 Å². The summed E-state index contributed by atoms with van der Waals surface area (Å²) in [6, 6.07) is 13.2. The molecule has 2 aromatic carbocycles. The molecule has 2 rings (SSSR count). The molecule has 0 bridgehead atoms. The van der Waals surface area contributed by atoms with E-state index in [-0.39, 0.29) is 10.6 Å². The Hall–Kier alpha value is -2.50. The Morgan fingerprint density at radius 1 is 0.840 bits per heavy atom. The molecule has 132 valence electrons. The highest BCUT2D eigenvalue weighted by Gasteiger charge is 2.04. The lowest BCUT2D eigenvalue weighted by Crippen LogP contribution is -2.13. The number of nitro benzene ring substituents is 1. The van der Waals surface area contributed by atoms with Crippen LogP contribution in [-0.4, -0.2) is 42.9 Å². The number of benzene rings is 2.